The van der Waals surface area contributed by atoms with Crippen LogP contribution in [0.2, 0.25) is 5.02 Å². The highest BCUT2D eigenvalue weighted by Gasteiger charge is 2.32. The van der Waals surface area contributed by atoms with E-state index in [2.05, 4.69) is 11.9 Å². The molecule has 1 aromatic rings. The third kappa shape index (κ3) is 5.21. The van der Waals surface area contributed by atoms with Crippen LogP contribution in [0, 0.1) is 0 Å². The van der Waals surface area contributed by atoms with Crippen molar-refractivity contribution in [2.45, 2.75) is 13.0 Å². The van der Waals surface area contributed by atoms with Crippen LogP contribution < -0.4 is 5.32 Å². The summed E-state index contributed by atoms with van der Waals surface area (Å²) in [7, 11) is 0. The Morgan fingerprint density at radius 3 is 2.48 bits per heavy atom. The average molecular weight is 366 g/mol. The molecular formula is C18H24ClN3O3. The second-order valence-electron chi connectivity index (χ2n) is 5.70. The van der Waals surface area contributed by atoms with E-state index in [0.717, 1.165) is 5.56 Å². The van der Waals surface area contributed by atoms with Gasteiger partial charge in [-0.05, 0) is 24.6 Å². The summed E-state index contributed by atoms with van der Waals surface area (Å²) < 4.78 is 5.25. The number of hydrogen-bond donors (Lipinski definition) is 1. The Bertz CT molecular complexity index is 598. The molecule has 0 aliphatic carbocycles. The van der Waals surface area contributed by atoms with E-state index in [1.165, 1.54) is 0 Å². The highest BCUT2D eigenvalue weighted by atomic mass is 35.5. The molecule has 0 spiro atoms. The summed E-state index contributed by atoms with van der Waals surface area (Å²) in [4.78, 5) is 28.3. The van der Waals surface area contributed by atoms with Gasteiger partial charge in [-0.15, -0.1) is 6.58 Å². The number of ether oxygens (including phenoxy) is 1. The van der Waals surface area contributed by atoms with E-state index in [-0.39, 0.29) is 12.0 Å². The molecule has 1 unspecified atom stereocenters. The number of carbonyl (C=O) groups is 2. The summed E-state index contributed by atoms with van der Waals surface area (Å²) in [6, 6.07) is 6.61. The van der Waals surface area contributed by atoms with Gasteiger partial charge in [-0.2, -0.15) is 0 Å². The smallest absolute Gasteiger partial charge is 0.328 e. The Kier molecular flexibility index (Phi) is 7.28. The number of esters is 1. The number of nitrogens with zero attached hydrogens (tertiary/aromatic N) is 2. The molecule has 2 rings (SSSR count). The van der Waals surface area contributed by atoms with E-state index < -0.39 is 6.04 Å². The van der Waals surface area contributed by atoms with Gasteiger partial charge in [0, 0.05) is 37.7 Å². The molecule has 1 aromatic carbocycles. The maximum atomic E-state index is 12.5. The lowest BCUT2D eigenvalue weighted by Crippen LogP contribution is -2.53. The monoisotopic (exact) mass is 365 g/mol. The third-order valence-electron chi connectivity index (χ3n) is 4.06. The zero-order valence-corrected chi connectivity index (χ0v) is 15.2. The van der Waals surface area contributed by atoms with Crippen molar-refractivity contribution in [2.75, 3.05) is 39.3 Å². The van der Waals surface area contributed by atoms with Crippen molar-refractivity contribution in [1.82, 2.24) is 15.1 Å². The van der Waals surface area contributed by atoms with E-state index in [4.69, 9.17) is 16.3 Å². The van der Waals surface area contributed by atoms with E-state index in [1.807, 2.05) is 17.0 Å². The number of halogens is 1. The van der Waals surface area contributed by atoms with Crippen molar-refractivity contribution in [2.24, 2.45) is 0 Å². The largest absolute Gasteiger partial charge is 0.465 e. The Labute approximate surface area is 153 Å². The van der Waals surface area contributed by atoms with Gasteiger partial charge in [-0.25, -0.2) is 9.59 Å². The van der Waals surface area contributed by atoms with Crippen molar-refractivity contribution in [3.63, 3.8) is 0 Å². The highest BCUT2D eigenvalue weighted by Crippen LogP contribution is 2.25. The summed E-state index contributed by atoms with van der Waals surface area (Å²) in [5.74, 6) is -0.283. The van der Waals surface area contributed by atoms with Crippen molar-refractivity contribution < 1.29 is 14.3 Å². The van der Waals surface area contributed by atoms with Gasteiger partial charge >= 0.3 is 12.0 Å². The van der Waals surface area contributed by atoms with Crippen LogP contribution >= 0.6 is 11.6 Å². The van der Waals surface area contributed by atoms with E-state index in [1.54, 1.807) is 30.0 Å². The van der Waals surface area contributed by atoms with Crippen LogP contribution in [0.1, 0.15) is 18.5 Å². The minimum Gasteiger partial charge on any atom is -0.465 e. The van der Waals surface area contributed by atoms with Crippen molar-refractivity contribution >= 4 is 23.6 Å². The first-order chi connectivity index (χ1) is 12.1. The molecule has 1 saturated heterocycles. The molecule has 2 amide bonds. The first-order valence-corrected chi connectivity index (χ1v) is 8.74. The lowest BCUT2D eigenvalue weighted by molar-refractivity contribution is -0.150. The molecule has 1 N–H and O–H groups in total. The Hall–Kier alpha value is -2.05. The third-order valence-corrected chi connectivity index (χ3v) is 4.31. The molecule has 6 nitrogen and oxygen atoms in total. The molecule has 25 heavy (non-hydrogen) atoms. The predicted octanol–water partition coefficient (Wildman–Crippen LogP) is 2.46. The number of hydrogen-bond acceptors (Lipinski definition) is 4. The van der Waals surface area contributed by atoms with Crippen LogP contribution in [0.4, 0.5) is 4.79 Å². The van der Waals surface area contributed by atoms with E-state index >= 15 is 0 Å². The average Bonchev–Trinajstić information content (AvgIpc) is 2.62. The topological polar surface area (TPSA) is 61.9 Å². The molecule has 1 aliphatic heterocycles. The molecule has 1 heterocycles. The predicted molar refractivity (Wildman–Crippen MR) is 97.6 cm³/mol. The quantitative estimate of drug-likeness (QED) is 0.621. The summed E-state index contributed by atoms with van der Waals surface area (Å²) in [5, 5.41) is 3.39. The molecule has 1 atom stereocenters. The fourth-order valence-corrected chi connectivity index (χ4v) is 2.94. The van der Waals surface area contributed by atoms with Gasteiger partial charge in [-0.3, -0.25) is 4.90 Å². The standard InChI is InChI=1S/C18H24ClN3O3/c1-3-9-20-18(24)22-12-10-21(11-13-22)16(17(23)25-4-2)14-5-7-15(19)8-6-14/h3,5-8,16H,1,4,9-13H2,2H3,(H,20,24). The Morgan fingerprint density at radius 1 is 1.28 bits per heavy atom. The zero-order chi connectivity index (χ0) is 18.2. The fraction of sp³-hybridized carbons (Fsp3) is 0.444. The second-order valence-corrected chi connectivity index (χ2v) is 6.14. The molecular weight excluding hydrogens is 342 g/mol. The number of amides is 2. The maximum Gasteiger partial charge on any atom is 0.328 e. The van der Waals surface area contributed by atoms with Gasteiger partial charge in [0.05, 0.1) is 6.61 Å². The van der Waals surface area contributed by atoms with Crippen LogP contribution in [-0.2, 0) is 9.53 Å². The molecule has 0 radical (unpaired) electrons. The van der Waals surface area contributed by atoms with Crippen LogP contribution in [0.15, 0.2) is 36.9 Å². The number of urea groups is 1. The normalized spacial score (nSPS) is 16.2. The first kappa shape index (κ1) is 19.3. The number of rotatable bonds is 6. The molecule has 0 bridgehead atoms. The summed E-state index contributed by atoms with van der Waals surface area (Å²) in [6.45, 7) is 8.42. The van der Waals surface area contributed by atoms with Gasteiger partial charge in [0.2, 0.25) is 0 Å². The van der Waals surface area contributed by atoms with Gasteiger partial charge in [-0.1, -0.05) is 29.8 Å². The highest BCUT2D eigenvalue weighted by molar-refractivity contribution is 6.30. The SMILES string of the molecule is C=CCNC(=O)N1CCN(C(C(=O)OCC)c2ccc(Cl)cc2)CC1. The van der Waals surface area contributed by atoms with Gasteiger partial charge in [0.25, 0.3) is 0 Å². The molecule has 0 aromatic heterocycles. The first-order valence-electron chi connectivity index (χ1n) is 8.36. The van der Waals surface area contributed by atoms with Gasteiger partial charge in [0.1, 0.15) is 6.04 Å². The fourth-order valence-electron chi connectivity index (χ4n) is 2.82. The van der Waals surface area contributed by atoms with Crippen LogP contribution in [0.3, 0.4) is 0 Å². The Morgan fingerprint density at radius 2 is 1.92 bits per heavy atom. The van der Waals surface area contributed by atoms with E-state index in [0.29, 0.717) is 44.4 Å². The van der Waals surface area contributed by atoms with Gasteiger partial charge < -0.3 is 15.0 Å². The zero-order valence-electron chi connectivity index (χ0n) is 14.4. The van der Waals surface area contributed by atoms with Gasteiger partial charge in [0.15, 0.2) is 0 Å². The van der Waals surface area contributed by atoms with Crippen molar-refractivity contribution in [3.05, 3.63) is 47.5 Å². The lowest BCUT2D eigenvalue weighted by atomic mass is 10.0. The number of benzene rings is 1. The van der Waals surface area contributed by atoms with E-state index in [9.17, 15) is 9.59 Å². The number of nitrogens with one attached hydrogen (secondary N) is 1. The maximum absolute atomic E-state index is 12.5. The lowest BCUT2D eigenvalue weighted by Gasteiger charge is -2.38. The van der Waals surface area contributed by atoms with Crippen molar-refractivity contribution in [3.8, 4) is 0 Å². The van der Waals surface area contributed by atoms with Crippen molar-refractivity contribution in [1.29, 1.82) is 0 Å². The minimum absolute atomic E-state index is 0.112. The van der Waals surface area contributed by atoms with Crippen LogP contribution in [0.5, 0.6) is 0 Å². The second kappa shape index (κ2) is 9.44. The molecule has 1 aliphatic rings. The number of carbonyl (C=O) groups excluding carboxylic acids is 2. The molecule has 136 valence electrons. The Balaban J connectivity index is 2.06. The van der Waals surface area contributed by atoms with Crippen LogP contribution in [0.25, 0.3) is 0 Å². The summed E-state index contributed by atoms with van der Waals surface area (Å²) >= 11 is 5.95. The molecule has 1 fully saturated rings. The molecule has 0 saturated carbocycles. The summed E-state index contributed by atoms with van der Waals surface area (Å²) in [5.41, 5.74) is 0.840. The van der Waals surface area contributed by atoms with Crippen LogP contribution in [-0.4, -0.2) is 61.1 Å². The minimum atomic E-state index is -0.490. The summed E-state index contributed by atoms with van der Waals surface area (Å²) in [6.07, 6.45) is 1.64. The molecule has 7 heteroatoms. The number of piperazine rings is 1.